The first-order chi connectivity index (χ1) is 9.23. The lowest BCUT2D eigenvalue weighted by molar-refractivity contribution is 0.346. The van der Waals surface area contributed by atoms with E-state index < -0.39 is 25.3 Å². The Balaban J connectivity index is 2.33. The van der Waals surface area contributed by atoms with Crippen molar-refractivity contribution in [3.63, 3.8) is 0 Å². The second-order valence-corrected chi connectivity index (χ2v) is 9.25. The maximum Gasteiger partial charge on any atom is 0.244 e. The molecule has 0 aromatic heterocycles. The van der Waals surface area contributed by atoms with Gasteiger partial charge in [0.2, 0.25) is 20.0 Å². The van der Waals surface area contributed by atoms with E-state index >= 15 is 0 Å². The lowest BCUT2D eigenvalue weighted by atomic mass is 10.2. The smallest absolute Gasteiger partial charge is 0.228 e. The van der Waals surface area contributed by atoms with Crippen LogP contribution in [0.4, 0.5) is 0 Å². The minimum absolute atomic E-state index is 0.0947. The van der Waals surface area contributed by atoms with Crippen molar-refractivity contribution in [2.75, 3.05) is 13.1 Å². The van der Waals surface area contributed by atoms with Crippen LogP contribution in [0.3, 0.4) is 0 Å². The monoisotopic (exact) mass is 382 g/mol. The predicted molar refractivity (Wildman–Crippen MR) is 79.0 cm³/mol. The lowest BCUT2D eigenvalue weighted by Gasteiger charge is -2.30. The number of nitrogens with zero attached hydrogens (tertiary/aromatic N) is 1. The van der Waals surface area contributed by atoms with Crippen molar-refractivity contribution in [3.05, 3.63) is 28.7 Å². The topological polar surface area (TPSA) is 97.5 Å². The summed E-state index contributed by atoms with van der Waals surface area (Å²) in [6, 6.07) is 6.46. The molecule has 1 aliphatic heterocycles. The molecule has 1 heterocycles. The Bertz CT molecular complexity index is 703. The molecule has 112 valence electrons. The third-order valence-electron chi connectivity index (χ3n) is 3.26. The van der Waals surface area contributed by atoms with Gasteiger partial charge in [0.05, 0.1) is 10.1 Å². The maximum atomic E-state index is 12.5. The van der Waals surface area contributed by atoms with E-state index in [9.17, 15) is 16.8 Å². The number of hydrogen-bond acceptors (Lipinski definition) is 4. The maximum absolute atomic E-state index is 12.5. The Hall–Kier alpha value is -0.480. The van der Waals surface area contributed by atoms with Crippen molar-refractivity contribution in [3.8, 4) is 0 Å². The summed E-state index contributed by atoms with van der Waals surface area (Å²) in [6.45, 7) is 0.207. The number of benzene rings is 1. The van der Waals surface area contributed by atoms with Crippen molar-refractivity contribution in [1.29, 1.82) is 0 Å². The molecule has 0 saturated carbocycles. The van der Waals surface area contributed by atoms with E-state index in [-0.39, 0.29) is 11.4 Å². The molecule has 20 heavy (non-hydrogen) atoms. The van der Waals surface area contributed by atoms with Gasteiger partial charge in [-0.05, 0) is 40.9 Å². The zero-order valence-corrected chi connectivity index (χ0v) is 13.8. The number of sulfonamides is 2. The van der Waals surface area contributed by atoms with Crippen molar-refractivity contribution in [2.24, 2.45) is 5.14 Å². The fourth-order valence-corrected chi connectivity index (χ4v) is 5.65. The molecule has 0 radical (unpaired) electrons. The van der Waals surface area contributed by atoms with E-state index in [1.807, 2.05) is 0 Å². The van der Waals surface area contributed by atoms with E-state index in [4.69, 9.17) is 5.14 Å². The molecule has 2 rings (SSSR count). The highest BCUT2D eigenvalue weighted by atomic mass is 79.9. The third kappa shape index (κ3) is 3.22. The second-order valence-electron chi connectivity index (χ2n) is 4.65. The number of primary sulfonamides is 1. The largest absolute Gasteiger partial charge is 0.244 e. The van der Waals surface area contributed by atoms with E-state index in [0.29, 0.717) is 23.9 Å². The van der Waals surface area contributed by atoms with E-state index in [1.54, 1.807) is 18.2 Å². The summed E-state index contributed by atoms with van der Waals surface area (Å²) in [5.41, 5.74) is 0. The Morgan fingerprint density at radius 1 is 1.20 bits per heavy atom. The Morgan fingerprint density at radius 3 is 2.45 bits per heavy atom. The van der Waals surface area contributed by atoms with Gasteiger partial charge in [-0.1, -0.05) is 12.1 Å². The summed E-state index contributed by atoms with van der Waals surface area (Å²) < 4.78 is 49.5. The quantitative estimate of drug-likeness (QED) is 0.838. The van der Waals surface area contributed by atoms with Crippen molar-refractivity contribution in [1.82, 2.24) is 4.31 Å². The Morgan fingerprint density at radius 2 is 1.85 bits per heavy atom. The van der Waals surface area contributed by atoms with Gasteiger partial charge in [0, 0.05) is 17.6 Å². The minimum Gasteiger partial charge on any atom is -0.228 e. The molecule has 0 amide bonds. The van der Waals surface area contributed by atoms with Crippen LogP contribution in [0.5, 0.6) is 0 Å². The molecule has 1 atom stereocenters. The van der Waals surface area contributed by atoms with Crippen LogP contribution in [-0.2, 0) is 20.0 Å². The zero-order chi connectivity index (χ0) is 15.0. The van der Waals surface area contributed by atoms with Crippen LogP contribution >= 0.6 is 15.9 Å². The molecule has 1 fully saturated rings. The van der Waals surface area contributed by atoms with Gasteiger partial charge in [-0.25, -0.2) is 22.0 Å². The minimum atomic E-state index is -3.73. The highest BCUT2D eigenvalue weighted by Crippen LogP contribution is 2.27. The molecule has 1 saturated heterocycles. The molecule has 0 aliphatic carbocycles. The Kier molecular flexibility index (Phi) is 4.55. The number of piperidine rings is 1. The Labute approximate surface area is 127 Å². The highest BCUT2D eigenvalue weighted by molar-refractivity contribution is 9.10. The van der Waals surface area contributed by atoms with Crippen LogP contribution in [-0.4, -0.2) is 39.5 Å². The van der Waals surface area contributed by atoms with Gasteiger partial charge in [0.15, 0.2) is 0 Å². The normalized spacial score (nSPS) is 21.8. The molecule has 1 aromatic carbocycles. The van der Waals surface area contributed by atoms with Crippen molar-refractivity contribution in [2.45, 2.75) is 23.0 Å². The van der Waals surface area contributed by atoms with Crippen LogP contribution in [0.15, 0.2) is 33.6 Å². The highest BCUT2D eigenvalue weighted by Gasteiger charge is 2.35. The summed E-state index contributed by atoms with van der Waals surface area (Å²) in [7, 11) is -7.45. The molecule has 6 nitrogen and oxygen atoms in total. The van der Waals surface area contributed by atoms with Crippen LogP contribution in [0, 0.1) is 0 Å². The predicted octanol–water partition coefficient (Wildman–Crippen LogP) is 0.891. The van der Waals surface area contributed by atoms with Gasteiger partial charge in [-0.3, -0.25) is 0 Å². The zero-order valence-electron chi connectivity index (χ0n) is 10.6. The van der Waals surface area contributed by atoms with Crippen molar-refractivity contribution >= 4 is 36.0 Å². The fraction of sp³-hybridized carbons (Fsp3) is 0.455. The van der Waals surface area contributed by atoms with Gasteiger partial charge in [0.1, 0.15) is 0 Å². The lowest BCUT2D eigenvalue weighted by Crippen LogP contribution is -2.47. The molecule has 0 bridgehead atoms. The first kappa shape index (κ1) is 15.9. The van der Waals surface area contributed by atoms with Gasteiger partial charge in [-0.2, -0.15) is 4.31 Å². The first-order valence-electron chi connectivity index (χ1n) is 5.99. The second kappa shape index (κ2) is 5.72. The summed E-state index contributed by atoms with van der Waals surface area (Å²) in [4.78, 5) is 0.134. The number of nitrogens with two attached hydrogens (primary N) is 1. The molecule has 0 spiro atoms. The summed E-state index contributed by atoms with van der Waals surface area (Å²) in [5, 5.41) is 4.29. The SMILES string of the molecule is NS(=O)(=O)C1CCCN(S(=O)(=O)c2ccccc2Br)C1. The molecular formula is C11H15BrN2O4S2. The van der Waals surface area contributed by atoms with Gasteiger partial charge < -0.3 is 0 Å². The van der Waals surface area contributed by atoms with Gasteiger partial charge >= 0.3 is 0 Å². The van der Waals surface area contributed by atoms with E-state index in [0.717, 1.165) is 0 Å². The van der Waals surface area contributed by atoms with E-state index in [1.165, 1.54) is 10.4 Å². The average molecular weight is 383 g/mol. The summed E-state index contributed by atoms with van der Waals surface area (Å²) in [6.07, 6.45) is 0.867. The molecule has 9 heteroatoms. The van der Waals surface area contributed by atoms with Gasteiger partial charge in [0.25, 0.3) is 0 Å². The van der Waals surface area contributed by atoms with Crippen LogP contribution in [0.25, 0.3) is 0 Å². The van der Waals surface area contributed by atoms with Crippen LogP contribution < -0.4 is 5.14 Å². The average Bonchev–Trinajstić information content (AvgIpc) is 2.38. The molecule has 1 unspecified atom stereocenters. The van der Waals surface area contributed by atoms with E-state index in [2.05, 4.69) is 15.9 Å². The molecular weight excluding hydrogens is 368 g/mol. The molecule has 2 N–H and O–H groups in total. The third-order valence-corrected chi connectivity index (χ3v) is 7.45. The fourth-order valence-electron chi connectivity index (χ4n) is 2.18. The first-order valence-corrected chi connectivity index (χ1v) is 9.83. The van der Waals surface area contributed by atoms with Gasteiger partial charge in [-0.15, -0.1) is 0 Å². The van der Waals surface area contributed by atoms with Crippen molar-refractivity contribution < 1.29 is 16.8 Å². The number of hydrogen-bond donors (Lipinski definition) is 1. The standard InChI is InChI=1S/C11H15BrN2O4S2/c12-10-5-1-2-6-11(10)20(17,18)14-7-3-4-9(8-14)19(13,15)16/h1-2,5-6,9H,3-4,7-8H2,(H2,13,15,16). The molecule has 1 aromatic rings. The number of rotatable bonds is 3. The summed E-state index contributed by atoms with van der Waals surface area (Å²) in [5.74, 6) is 0. The summed E-state index contributed by atoms with van der Waals surface area (Å²) >= 11 is 3.20. The van der Waals surface area contributed by atoms with Crippen LogP contribution in [0.1, 0.15) is 12.8 Å². The molecule has 1 aliphatic rings. The van der Waals surface area contributed by atoms with Crippen LogP contribution in [0.2, 0.25) is 0 Å². The number of halogens is 1.